The molecule has 0 saturated heterocycles. The number of anilines is 3. The van der Waals surface area contributed by atoms with Crippen LogP contribution in [0, 0.1) is 0 Å². The molecule has 3 aromatic rings. The van der Waals surface area contributed by atoms with E-state index in [0.717, 1.165) is 11.3 Å². The van der Waals surface area contributed by atoms with Crippen LogP contribution in [0.1, 0.15) is 13.8 Å². The predicted molar refractivity (Wildman–Crippen MR) is 108 cm³/mol. The van der Waals surface area contributed by atoms with E-state index < -0.39 is 0 Å². The number of aromatic nitrogens is 3. The summed E-state index contributed by atoms with van der Waals surface area (Å²) >= 11 is 12.1. The van der Waals surface area contributed by atoms with E-state index >= 15 is 0 Å². The maximum atomic E-state index is 6.18. The third-order valence-electron chi connectivity index (χ3n) is 3.38. The molecule has 0 saturated carbocycles. The molecule has 0 fully saturated rings. The van der Waals surface area contributed by atoms with Gasteiger partial charge in [0, 0.05) is 35.1 Å². The van der Waals surface area contributed by atoms with Crippen molar-refractivity contribution in [2.75, 3.05) is 16.2 Å². The Morgan fingerprint density at radius 2 is 1.69 bits per heavy atom. The highest BCUT2D eigenvalue weighted by Crippen LogP contribution is 2.26. The molecule has 8 heteroatoms. The van der Waals surface area contributed by atoms with Crippen LogP contribution in [0.15, 0.2) is 48.8 Å². The lowest BCUT2D eigenvalue weighted by Crippen LogP contribution is -2.16. The average Bonchev–Trinajstić information content (AvgIpc) is 2.61. The van der Waals surface area contributed by atoms with Crippen molar-refractivity contribution < 1.29 is 0 Å². The number of hydrogen-bond donors (Lipinski definition) is 3. The van der Waals surface area contributed by atoms with Gasteiger partial charge in [0.2, 0.25) is 5.95 Å². The van der Waals surface area contributed by atoms with Gasteiger partial charge in [-0.3, -0.25) is 15.8 Å². The molecule has 0 atom stereocenters. The summed E-state index contributed by atoms with van der Waals surface area (Å²) in [5, 5.41) is 4.31. The van der Waals surface area contributed by atoms with E-state index in [4.69, 9.17) is 23.2 Å². The van der Waals surface area contributed by atoms with E-state index in [2.05, 4.69) is 31.1 Å². The summed E-state index contributed by atoms with van der Waals surface area (Å²) in [6.07, 6.45) is 3.46. The molecule has 6 nitrogen and oxygen atoms in total. The summed E-state index contributed by atoms with van der Waals surface area (Å²) in [4.78, 5) is 13.1. The van der Waals surface area contributed by atoms with Crippen molar-refractivity contribution in [2.24, 2.45) is 0 Å². The van der Waals surface area contributed by atoms with Gasteiger partial charge in [-0.1, -0.05) is 23.2 Å². The number of rotatable bonds is 6. The Kier molecular flexibility index (Phi) is 5.75. The van der Waals surface area contributed by atoms with Gasteiger partial charge in [-0.05, 0) is 44.2 Å². The first kappa shape index (κ1) is 18.2. The van der Waals surface area contributed by atoms with Crippen molar-refractivity contribution in [2.45, 2.75) is 19.9 Å². The van der Waals surface area contributed by atoms with Crippen molar-refractivity contribution in [1.29, 1.82) is 0 Å². The van der Waals surface area contributed by atoms with Crippen LogP contribution in [-0.2, 0) is 0 Å². The summed E-state index contributed by atoms with van der Waals surface area (Å²) in [6, 6.07) is 11.1. The molecule has 0 spiro atoms. The third-order valence-corrected chi connectivity index (χ3v) is 3.92. The smallest absolute Gasteiger partial charge is 0.225 e. The maximum absolute atomic E-state index is 6.18. The molecule has 1 aromatic carbocycles. The zero-order valence-corrected chi connectivity index (χ0v) is 15.8. The first-order valence-electron chi connectivity index (χ1n) is 8.04. The van der Waals surface area contributed by atoms with Gasteiger partial charge in [0.05, 0.1) is 16.4 Å². The molecule has 0 unspecified atom stereocenters. The van der Waals surface area contributed by atoms with Crippen LogP contribution in [0.2, 0.25) is 10.0 Å². The number of hydrazine groups is 1. The molecule has 0 aliphatic carbocycles. The van der Waals surface area contributed by atoms with Gasteiger partial charge in [-0.2, -0.15) is 4.98 Å². The molecular formula is C18H18Cl2N6. The molecule has 0 radical (unpaired) electrons. The van der Waals surface area contributed by atoms with Gasteiger partial charge in [0.25, 0.3) is 0 Å². The molecule has 134 valence electrons. The first-order chi connectivity index (χ1) is 12.5. The van der Waals surface area contributed by atoms with E-state index in [1.54, 1.807) is 30.6 Å². The number of benzene rings is 1. The van der Waals surface area contributed by atoms with E-state index in [0.29, 0.717) is 27.5 Å². The van der Waals surface area contributed by atoms with Crippen LogP contribution in [-0.4, -0.2) is 21.0 Å². The van der Waals surface area contributed by atoms with Gasteiger partial charge in [0.1, 0.15) is 0 Å². The van der Waals surface area contributed by atoms with Crippen molar-refractivity contribution in [3.8, 4) is 11.3 Å². The van der Waals surface area contributed by atoms with Gasteiger partial charge in [0.15, 0.2) is 5.82 Å². The zero-order valence-electron chi connectivity index (χ0n) is 14.3. The minimum Gasteiger partial charge on any atom is -0.352 e. The van der Waals surface area contributed by atoms with E-state index in [1.807, 2.05) is 32.0 Å². The van der Waals surface area contributed by atoms with Crippen LogP contribution in [0.3, 0.4) is 0 Å². The molecule has 0 aliphatic rings. The topological polar surface area (TPSA) is 74.8 Å². The van der Waals surface area contributed by atoms with Gasteiger partial charge in [-0.25, -0.2) is 4.98 Å². The summed E-state index contributed by atoms with van der Waals surface area (Å²) in [5.74, 6) is 1.13. The molecule has 0 bridgehead atoms. The third kappa shape index (κ3) is 4.74. The van der Waals surface area contributed by atoms with Crippen molar-refractivity contribution in [1.82, 2.24) is 15.0 Å². The van der Waals surface area contributed by atoms with Crippen LogP contribution in [0.5, 0.6) is 0 Å². The summed E-state index contributed by atoms with van der Waals surface area (Å²) in [6.45, 7) is 4.06. The van der Waals surface area contributed by atoms with Gasteiger partial charge >= 0.3 is 0 Å². The second-order valence-corrected chi connectivity index (χ2v) is 6.71. The molecular weight excluding hydrogens is 371 g/mol. The fraction of sp³-hybridized carbons (Fsp3) is 0.167. The molecule has 26 heavy (non-hydrogen) atoms. The van der Waals surface area contributed by atoms with Crippen LogP contribution in [0.4, 0.5) is 17.5 Å². The minimum absolute atomic E-state index is 0.203. The number of halogens is 2. The number of nitrogens with one attached hydrogen (secondary N) is 3. The predicted octanol–water partition coefficient (Wildman–Crippen LogP) is 5.10. The molecule has 0 aliphatic heterocycles. The Labute approximate surface area is 162 Å². The zero-order chi connectivity index (χ0) is 18.5. The normalized spacial score (nSPS) is 10.7. The first-order valence-corrected chi connectivity index (χ1v) is 8.80. The van der Waals surface area contributed by atoms with E-state index in [-0.39, 0.29) is 6.04 Å². The van der Waals surface area contributed by atoms with Crippen LogP contribution < -0.4 is 16.2 Å². The number of hydrogen-bond acceptors (Lipinski definition) is 6. The fourth-order valence-corrected chi connectivity index (χ4v) is 2.68. The SMILES string of the molecule is CC(C)Nc1nc(NNc2ccc(Cl)cc2Cl)cc(-c2ccncc2)n1. The maximum Gasteiger partial charge on any atom is 0.225 e. The Morgan fingerprint density at radius 3 is 2.38 bits per heavy atom. The largest absolute Gasteiger partial charge is 0.352 e. The Hall–Kier alpha value is -2.57. The van der Waals surface area contributed by atoms with Crippen molar-refractivity contribution in [3.05, 3.63) is 58.8 Å². The molecule has 3 N–H and O–H groups in total. The van der Waals surface area contributed by atoms with Crippen LogP contribution in [0.25, 0.3) is 11.3 Å². The summed E-state index contributed by atoms with van der Waals surface area (Å²) in [5.41, 5.74) is 8.52. The standard InChI is InChI=1S/C18H18Cl2N6/c1-11(2)22-18-23-16(12-5-7-21-8-6-12)10-17(24-18)26-25-15-4-3-13(19)9-14(15)20/h3-11,25H,1-2H3,(H2,22,23,24,26). The average molecular weight is 389 g/mol. The summed E-state index contributed by atoms with van der Waals surface area (Å²) < 4.78 is 0. The van der Waals surface area contributed by atoms with E-state index in [1.165, 1.54) is 0 Å². The molecule has 0 amide bonds. The Morgan fingerprint density at radius 1 is 0.923 bits per heavy atom. The monoisotopic (exact) mass is 388 g/mol. The molecule has 2 aromatic heterocycles. The Balaban J connectivity index is 1.87. The molecule has 3 rings (SSSR count). The number of pyridine rings is 1. The second-order valence-electron chi connectivity index (χ2n) is 5.87. The highest BCUT2D eigenvalue weighted by Gasteiger charge is 2.08. The highest BCUT2D eigenvalue weighted by molar-refractivity contribution is 6.36. The number of nitrogens with zero attached hydrogens (tertiary/aromatic N) is 3. The van der Waals surface area contributed by atoms with Gasteiger partial charge in [-0.15, -0.1) is 0 Å². The Bertz CT molecular complexity index is 886. The lowest BCUT2D eigenvalue weighted by molar-refractivity contribution is 0.875. The quantitative estimate of drug-likeness (QED) is 0.509. The van der Waals surface area contributed by atoms with E-state index in [9.17, 15) is 0 Å². The minimum atomic E-state index is 0.203. The van der Waals surface area contributed by atoms with Gasteiger partial charge < -0.3 is 5.32 Å². The van der Waals surface area contributed by atoms with Crippen LogP contribution >= 0.6 is 23.2 Å². The lowest BCUT2D eigenvalue weighted by Gasteiger charge is -2.14. The highest BCUT2D eigenvalue weighted by atomic mass is 35.5. The lowest BCUT2D eigenvalue weighted by atomic mass is 10.2. The molecule has 2 heterocycles. The van der Waals surface area contributed by atoms with Crippen molar-refractivity contribution >= 4 is 40.7 Å². The summed E-state index contributed by atoms with van der Waals surface area (Å²) in [7, 11) is 0. The second kappa shape index (κ2) is 8.21. The fourth-order valence-electron chi connectivity index (χ4n) is 2.23. The van der Waals surface area contributed by atoms with Crippen molar-refractivity contribution in [3.63, 3.8) is 0 Å².